The van der Waals surface area contributed by atoms with Crippen molar-refractivity contribution in [2.24, 2.45) is 11.7 Å². The molecule has 0 bridgehead atoms. The first-order chi connectivity index (χ1) is 12.2. The summed E-state index contributed by atoms with van der Waals surface area (Å²) in [5.41, 5.74) is 10.6. The van der Waals surface area contributed by atoms with Crippen molar-refractivity contribution in [2.75, 3.05) is 6.54 Å². The molecule has 132 valence electrons. The topological polar surface area (TPSA) is 77.0 Å². The lowest BCUT2D eigenvalue weighted by molar-refractivity contribution is 0.0747. The lowest BCUT2D eigenvalue weighted by Gasteiger charge is -2.34. The van der Waals surface area contributed by atoms with Crippen LogP contribution >= 0.6 is 0 Å². The van der Waals surface area contributed by atoms with Crippen LogP contribution in [0.2, 0.25) is 0 Å². The van der Waals surface area contributed by atoms with Gasteiger partial charge in [0.1, 0.15) is 0 Å². The molecule has 0 amide bonds. The highest BCUT2D eigenvalue weighted by atomic mass is 16.3. The zero-order valence-electron chi connectivity index (χ0n) is 14.5. The van der Waals surface area contributed by atoms with Crippen LogP contribution in [0.25, 0.3) is 11.3 Å². The van der Waals surface area contributed by atoms with Crippen LogP contribution in [-0.4, -0.2) is 32.5 Å². The van der Waals surface area contributed by atoms with Crippen molar-refractivity contribution in [3.8, 4) is 11.3 Å². The minimum Gasteiger partial charge on any atom is -0.393 e. The maximum absolute atomic E-state index is 9.71. The van der Waals surface area contributed by atoms with Crippen LogP contribution in [0.3, 0.4) is 0 Å². The molecule has 3 aliphatic rings. The highest BCUT2D eigenvalue weighted by molar-refractivity contribution is 5.67. The molecule has 3 saturated carbocycles. The molecule has 2 aromatic rings. The Balaban J connectivity index is 1.50. The molecule has 3 fully saturated rings. The third-order valence-corrected chi connectivity index (χ3v) is 6.29. The SMILES string of the molecule is NC[C@H]1C[C@H](n2cc(-c3ncccc3C3CC(O)C3)c(C3CC3)n2)C1. The minimum absolute atomic E-state index is 0.146. The van der Waals surface area contributed by atoms with E-state index in [1.807, 2.05) is 12.3 Å². The van der Waals surface area contributed by atoms with Gasteiger partial charge in [-0.1, -0.05) is 6.07 Å². The number of rotatable bonds is 5. The molecule has 0 unspecified atom stereocenters. The molecule has 0 aliphatic heterocycles. The van der Waals surface area contributed by atoms with Gasteiger partial charge >= 0.3 is 0 Å². The van der Waals surface area contributed by atoms with E-state index in [2.05, 4.69) is 16.9 Å². The number of pyridine rings is 1. The standard InChI is InChI=1S/C20H26N4O/c21-10-12-6-15(7-12)24-11-18(19(23-24)13-3-4-13)20-17(2-1-5-22-20)14-8-16(25)9-14/h1-2,5,11-16,25H,3-4,6-10,21H2/t12-,14?,15-,16?. The van der Waals surface area contributed by atoms with E-state index in [-0.39, 0.29) is 6.10 Å². The van der Waals surface area contributed by atoms with Crippen LogP contribution in [0.15, 0.2) is 24.5 Å². The van der Waals surface area contributed by atoms with Crippen LogP contribution in [0.1, 0.15) is 67.7 Å². The number of hydrogen-bond acceptors (Lipinski definition) is 4. The van der Waals surface area contributed by atoms with Crippen molar-refractivity contribution >= 4 is 0 Å². The third kappa shape index (κ3) is 2.70. The fraction of sp³-hybridized carbons (Fsp3) is 0.600. The number of aromatic nitrogens is 3. The fourth-order valence-electron chi connectivity index (χ4n) is 4.36. The van der Waals surface area contributed by atoms with Crippen molar-refractivity contribution in [3.05, 3.63) is 35.8 Å². The van der Waals surface area contributed by atoms with E-state index in [1.165, 1.54) is 29.7 Å². The lowest BCUT2D eigenvalue weighted by Crippen LogP contribution is -2.32. The number of nitrogens with two attached hydrogens (primary N) is 1. The number of aliphatic hydroxyl groups is 1. The molecular weight excluding hydrogens is 312 g/mol. The zero-order chi connectivity index (χ0) is 17.0. The van der Waals surface area contributed by atoms with Gasteiger partial charge in [0.15, 0.2) is 0 Å². The molecule has 5 rings (SSSR count). The summed E-state index contributed by atoms with van der Waals surface area (Å²) in [4.78, 5) is 4.74. The Kier molecular flexibility index (Phi) is 3.68. The average molecular weight is 338 g/mol. The Morgan fingerprint density at radius 2 is 1.96 bits per heavy atom. The summed E-state index contributed by atoms with van der Waals surface area (Å²) in [5.74, 6) is 1.69. The quantitative estimate of drug-likeness (QED) is 0.879. The van der Waals surface area contributed by atoms with E-state index in [0.717, 1.165) is 37.9 Å². The predicted molar refractivity (Wildman–Crippen MR) is 96.2 cm³/mol. The lowest BCUT2D eigenvalue weighted by atomic mass is 9.76. The summed E-state index contributed by atoms with van der Waals surface area (Å²) >= 11 is 0. The van der Waals surface area contributed by atoms with Crippen molar-refractivity contribution in [1.82, 2.24) is 14.8 Å². The van der Waals surface area contributed by atoms with Crippen LogP contribution in [0.4, 0.5) is 0 Å². The number of hydrogen-bond donors (Lipinski definition) is 2. The van der Waals surface area contributed by atoms with Crippen molar-refractivity contribution < 1.29 is 5.11 Å². The molecule has 0 radical (unpaired) electrons. The van der Waals surface area contributed by atoms with E-state index in [1.54, 1.807) is 0 Å². The minimum atomic E-state index is -0.146. The molecule has 0 aromatic carbocycles. The van der Waals surface area contributed by atoms with Crippen molar-refractivity contribution in [1.29, 1.82) is 0 Å². The van der Waals surface area contributed by atoms with E-state index in [0.29, 0.717) is 23.8 Å². The summed E-state index contributed by atoms with van der Waals surface area (Å²) in [5, 5.41) is 14.7. The van der Waals surface area contributed by atoms with Gasteiger partial charge in [-0.15, -0.1) is 0 Å². The molecule has 0 atom stereocenters. The maximum atomic E-state index is 9.71. The zero-order valence-corrected chi connectivity index (χ0v) is 14.5. The number of nitrogens with zero attached hydrogens (tertiary/aromatic N) is 3. The maximum Gasteiger partial charge on any atom is 0.0771 e. The Morgan fingerprint density at radius 1 is 1.16 bits per heavy atom. The van der Waals surface area contributed by atoms with Crippen LogP contribution in [0.5, 0.6) is 0 Å². The second-order valence-electron chi connectivity index (χ2n) is 8.17. The molecule has 3 N–H and O–H groups in total. The van der Waals surface area contributed by atoms with Crippen LogP contribution in [-0.2, 0) is 0 Å². The van der Waals surface area contributed by atoms with E-state index < -0.39 is 0 Å². The summed E-state index contributed by atoms with van der Waals surface area (Å²) in [7, 11) is 0. The summed E-state index contributed by atoms with van der Waals surface area (Å²) in [6.07, 6.45) is 10.4. The van der Waals surface area contributed by atoms with E-state index in [4.69, 9.17) is 15.8 Å². The van der Waals surface area contributed by atoms with E-state index in [9.17, 15) is 5.11 Å². The average Bonchev–Trinajstić information content (AvgIpc) is 3.31. The summed E-state index contributed by atoms with van der Waals surface area (Å²) in [6.45, 7) is 0.786. The Hall–Kier alpha value is -1.72. The van der Waals surface area contributed by atoms with Gasteiger partial charge in [0.2, 0.25) is 0 Å². The highest BCUT2D eigenvalue weighted by Crippen LogP contribution is 2.47. The van der Waals surface area contributed by atoms with Gasteiger partial charge in [0, 0.05) is 23.9 Å². The van der Waals surface area contributed by atoms with Gasteiger partial charge in [-0.2, -0.15) is 5.10 Å². The van der Waals surface area contributed by atoms with E-state index >= 15 is 0 Å². The first kappa shape index (κ1) is 15.5. The third-order valence-electron chi connectivity index (χ3n) is 6.29. The largest absolute Gasteiger partial charge is 0.393 e. The first-order valence-electron chi connectivity index (χ1n) is 9.65. The molecular formula is C20H26N4O. The normalized spacial score (nSPS) is 31.4. The molecule has 25 heavy (non-hydrogen) atoms. The van der Waals surface area contributed by atoms with Gasteiger partial charge in [0.25, 0.3) is 0 Å². The second-order valence-corrected chi connectivity index (χ2v) is 8.17. The molecule has 5 nitrogen and oxygen atoms in total. The van der Waals surface area contributed by atoms with Crippen molar-refractivity contribution in [3.63, 3.8) is 0 Å². The predicted octanol–water partition coefficient (Wildman–Crippen LogP) is 2.97. The number of aliphatic hydroxyl groups excluding tert-OH is 1. The molecule has 3 aliphatic carbocycles. The Morgan fingerprint density at radius 3 is 2.64 bits per heavy atom. The first-order valence-corrected chi connectivity index (χ1v) is 9.65. The highest BCUT2D eigenvalue weighted by Gasteiger charge is 2.36. The molecule has 5 heteroatoms. The van der Waals surface area contributed by atoms with Gasteiger partial charge < -0.3 is 10.8 Å². The van der Waals surface area contributed by atoms with Gasteiger partial charge in [0.05, 0.1) is 23.5 Å². The van der Waals surface area contributed by atoms with Gasteiger partial charge in [-0.25, -0.2) is 0 Å². The fourth-order valence-corrected chi connectivity index (χ4v) is 4.36. The molecule has 0 saturated heterocycles. The molecule has 0 spiro atoms. The molecule has 2 aromatic heterocycles. The monoisotopic (exact) mass is 338 g/mol. The Bertz CT molecular complexity index is 770. The smallest absolute Gasteiger partial charge is 0.0771 e. The van der Waals surface area contributed by atoms with Gasteiger partial charge in [-0.3, -0.25) is 9.67 Å². The summed E-state index contributed by atoms with van der Waals surface area (Å²) < 4.78 is 2.18. The van der Waals surface area contributed by atoms with Crippen molar-refractivity contribution in [2.45, 2.75) is 62.5 Å². The van der Waals surface area contributed by atoms with Crippen LogP contribution in [0, 0.1) is 5.92 Å². The Labute approximate surface area is 148 Å². The second kappa shape index (κ2) is 5.92. The van der Waals surface area contributed by atoms with Crippen LogP contribution < -0.4 is 5.73 Å². The molecule has 2 heterocycles. The summed E-state index contributed by atoms with van der Waals surface area (Å²) in [6, 6.07) is 4.70. The van der Waals surface area contributed by atoms with Gasteiger partial charge in [-0.05, 0) is 68.5 Å².